The number of aromatic nitrogens is 1. The van der Waals surface area contributed by atoms with Crippen molar-refractivity contribution in [2.75, 3.05) is 11.9 Å². The summed E-state index contributed by atoms with van der Waals surface area (Å²) in [7, 11) is 0. The zero-order valence-corrected chi connectivity index (χ0v) is 14.6. The molecule has 0 aliphatic rings. The number of nitrogens with one attached hydrogen (secondary N) is 1. The van der Waals surface area contributed by atoms with Gasteiger partial charge in [-0.25, -0.2) is 0 Å². The normalized spacial score (nSPS) is 10.5. The van der Waals surface area contributed by atoms with Crippen LogP contribution in [0.15, 0.2) is 48.5 Å². The third kappa shape index (κ3) is 3.97. The van der Waals surface area contributed by atoms with Crippen molar-refractivity contribution in [3.05, 3.63) is 65.4 Å². The number of anilines is 1. The molecule has 3 aromatic rings. The third-order valence-electron chi connectivity index (χ3n) is 3.83. The van der Waals surface area contributed by atoms with E-state index in [0.29, 0.717) is 17.0 Å². The van der Waals surface area contributed by atoms with E-state index in [0.717, 1.165) is 22.2 Å². The molecule has 3 rings (SSSR count). The smallest absolute Gasteiger partial charge is 0.256 e. The Hall–Kier alpha value is -3.41. The Bertz CT molecular complexity index is 982. The van der Waals surface area contributed by atoms with Crippen LogP contribution >= 0.6 is 0 Å². The molecule has 1 aromatic heterocycles. The van der Waals surface area contributed by atoms with Crippen LogP contribution in [0.4, 0.5) is 5.69 Å². The molecular formula is C20H19N3O3. The number of fused-ring (bicyclic) bond motifs is 1. The van der Waals surface area contributed by atoms with Crippen LogP contribution in [0.5, 0.6) is 5.75 Å². The summed E-state index contributed by atoms with van der Waals surface area (Å²) in [6.07, 6.45) is 0. The van der Waals surface area contributed by atoms with E-state index in [1.807, 2.05) is 32.0 Å². The van der Waals surface area contributed by atoms with Crippen molar-refractivity contribution in [1.82, 2.24) is 4.98 Å². The molecule has 0 radical (unpaired) electrons. The van der Waals surface area contributed by atoms with E-state index in [1.54, 1.807) is 30.3 Å². The second-order valence-corrected chi connectivity index (χ2v) is 6.07. The molecule has 132 valence electrons. The summed E-state index contributed by atoms with van der Waals surface area (Å²) in [4.78, 5) is 28.0. The topological polar surface area (TPSA) is 94.3 Å². The Labute approximate surface area is 151 Å². The Balaban J connectivity index is 1.83. The number of carbonyl (C=O) groups excluding carboxylic acids is 2. The quantitative estimate of drug-likeness (QED) is 0.740. The number of benzene rings is 2. The molecule has 0 unspecified atom stereocenters. The summed E-state index contributed by atoms with van der Waals surface area (Å²) in [5, 5.41) is 3.69. The third-order valence-corrected chi connectivity index (χ3v) is 3.83. The standard InChI is InChI=1S/C20H19N3O3/c1-12-3-8-18-16(9-12)17(10-13(2)22-18)20(25)23-14-4-6-15(7-5-14)26-11-19(21)24/h3-10H,11H2,1-2H3,(H2,21,24)(H,23,25). The lowest BCUT2D eigenvalue weighted by atomic mass is 10.0. The molecule has 0 saturated heterocycles. The fraction of sp³-hybridized carbons (Fsp3) is 0.150. The van der Waals surface area contributed by atoms with Gasteiger partial charge in [0.15, 0.2) is 6.61 Å². The number of carbonyl (C=O) groups is 2. The Morgan fingerprint density at radius 3 is 2.50 bits per heavy atom. The van der Waals surface area contributed by atoms with Crippen molar-refractivity contribution in [2.24, 2.45) is 5.73 Å². The van der Waals surface area contributed by atoms with Crippen molar-refractivity contribution in [2.45, 2.75) is 13.8 Å². The molecule has 0 aliphatic carbocycles. The van der Waals surface area contributed by atoms with Crippen molar-refractivity contribution in [3.8, 4) is 5.75 Å². The SMILES string of the molecule is Cc1ccc2nc(C)cc(C(=O)Nc3ccc(OCC(N)=O)cc3)c2c1. The van der Waals surface area contributed by atoms with Gasteiger partial charge in [0.1, 0.15) is 5.75 Å². The van der Waals surface area contributed by atoms with Crippen molar-refractivity contribution in [1.29, 1.82) is 0 Å². The lowest BCUT2D eigenvalue weighted by Gasteiger charge is -2.10. The highest BCUT2D eigenvalue weighted by Crippen LogP contribution is 2.22. The van der Waals surface area contributed by atoms with Gasteiger partial charge in [-0.1, -0.05) is 11.6 Å². The predicted octanol–water partition coefficient (Wildman–Crippen LogP) is 2.97. The summed E-state index contributed by atoms with van der Waals surface area (Å²) in [5.41, 5.74) is 8.87. The molecule has 0 atom stereocenters. The molecule has 6 nitrogen and oxygen atoms in total. The van der Waals surface area contributed by atoms with Crippen LogP contribution in [0.25, 0.3) is 10.9 Å². The molecule has 1 heterocycles. The second kappa shape index (κ2) is 7.23. The van der Waals surface area contributed by atoms with Gasteiger partial charge in [0.2, 0.25) is 0 Å². The fourth-order valence-electron chi connectivity index (χ4n) is 2.65. The number of hydrogen-bond acceptors (Lipinski definition) is 4. The fourth-order valence-corrected chi connectivity index (χ4v) is 2.65. The number of hydrogen-bond donors (Lipinski definition) is 2. The molecule has 0 aliphatic heterocycles. The highest BCUT2D eigenvalue weighted by atomic mass is 16.5. The van der Waals surface area contributed by atoms with E-state index in [-0.39, 0.29) is 12.5 Å². The van der Waals surface area contributed by atoms with Crippen LogP contribution in [0.3, 0.4) is 0 Å². The van der Waals surface area contributed by atoms with Gasteiger partial charge in [-0.15, -0.1) is 0 Å². The van der Waals surface area contributed by atoms with Crippen LogP contribution in [-0.4, -0.2) is 23.4 Å². The number of amides is 2. The van der Waals surface area contributed by atoms with Gasteiger partial charge in [-0.2, -0.15) is 0 Å². The van der Waals surface area contributed by atoms with Crippen LogP contribution in [0, 0.1) is 13.8 Å². The summed E-state index contributed by atoms with van der Waals surface area (Å²) in [6, 6.07) is 14.4. The van der Waals surface area contributed by atoms with Gasteiger partial charge in [-0.3, -0.25) is 14.6 Å². The first-order valence-corrected chi connectivity index (χ1v) is 8.13. The summed E-state index contributed by atoms with van der Waals surface area (Å²) < 4.78 is 5.20. The van der Waals surface area contributed by atoms with Crippen LogP contribution in [0.2, 0.25) is 0 Å². The van der Waals surface area contributed by atoms with Crippen LogP contribution in [-0.2, 0) is 4.79 Å². The van der Waals surface area contributed by atoms with Gasteiger partial charge in [-0.05, 0) is 56.3 Å². The number of nitrogens with two attached hydrogens (primary N) is 1. The van der Waals surface area contributed by atoms with Gasteiger partial charge in [0.05, 0.1) is 11.1 Å². The lowest BCUT2D eigenvalue weighted by molar-refractivity contribution is -0.119. The van der Waals surface area contributed by atoms with Gasteiger partial charge in [0.25, 0.3) is 11.8 Å². The minimum atomic E-state index is -0.544. The Kier molecular flexibility index (Phi) is 4.84. The van der Waals surface area contributed by atoms with Crippen molar-refractivity contribution in [3.63, 3.8) is 0 Å². The zero-order chi connectivity index (χ0) is 18.7. The number of primary amides is 1. The monoisotopic (exact) mass is 349 g/mol. The molecule has 3 N–H and O–H groups in total. The first-order chi connectivity index (χ1) is 12.4. The van der Waals surface area contributed by atoms with E-state index in [1.165, 1.54) is 0 Å². The maximum Gasteiger partial charge on any atom is 0.256 e. The minimum Gasteiger partial charge on any atom is -0.484 e. The highest BCUT2D eigenvalue weighted by Gasteiger charge is 2.13. The molecule has 26 heavy (non-hydrogen) atoms. The average molecular weight is 349 g/mol. The maximum atomic E-state index is 12.8. The highest BCUT2D eigenvalue weighted by molar-refractivity contribution is 6.12. The largest absolute Gasteiger partial charge is 0.484 e. The van der Waals surface area contributed by atoms with Gasteiger partial charge < -0.3 is 15.8 Å². The number of pyridine rings is 1. The number of aryl methyl sites for hydroxylation is 2. The van der Waals surface area contributed by atoms with Crippen molar-refractivity contribution >= 4 is 28.4 Å². The Morgan fingerprint density at radius 2 is 1.81 bits per heavy atom. The summed E-state index contributed by atoms with van der Waals surface area (Å²) >= 11 is 0. The van der Waals surface area contributed by atoms with E-state index < -0.39 is 5.91 Å². The first-order valence-electron chi connectivity index (χ1n) is 8.13. The van der Waals surface area contributed by atoms with Gasteiger partial charge >= 0.3 is 0 Å². The molecule has 0 spiro atoms. The molecule has 2 aromatic carbocycles. The van der Waals surface area contributed by atoms with E-state index in [2.05, 4.69) is 10.3 Å². The van der Waals surface area contributed by atoms with E-state index in [4.69, 9.17) is 10.5 Å². The Morgan fingerprint density at radius 1 is 1.08 bits per heavy atom. The first kappa shape index (κ1) is 17.4. The molecule has 0 saturated carbocycles. The zero-order valence-electron chi connectivity index (χ0n) is 14.6. The molecule has 6 heteroatoms. The number of ether oxygens (including phenoxy) is 1. The lowest BCUT2D eigenvalue weighted by Crippen LogP contribution is -2.20. The van der Waals surface area contributed by atoms with E-state index in [9.17, 15) is 9.59 Å². The van der Waals surface area contributed by atoms with E-state index >= 15 is 0 Å². The minimum absolute atomic E-state index is 0.187. The molecular weight excluding hydrogens is 330 g/mol. The van der Waals surface area contributed by atoms with Crippen LogP contribution < -0.4 is 15.8 Å². The summed E-state index contributed by atoms with van der Waals surface area (Å²) in [6.45, 7) is 3.65. The maximum absolute atomic E-state index is 12.8. The molecule has 0 bridgehead atoms. The van der Waals surface area contributed by atoms with Crippen LogP contribution in [0.1, 0.15) is 21.6 Å². The van der Waals surface area contributed by atoms with Crippen molar-refractivity contribution < 1.29 is 14.3 Å². The number of nitrogens with zero attached hydrogens (tertiary/aromatic N) is 1. The average Bonchev–Trinajstić information content (AvgIpc) is 2.60. The second-order valence-electron chi connectivity index (χ2n) is 6.07. The number of rotatable bonds is 5. The predicted molar refractivity (Wildman–Crippen MR) is 100 cm³/mol. The summed E-state index contributed by atoms with van der Waals surface area (Å²) in [5.74, 6) is -0.253. The molecule has 2 amide bonds. The van der Waals surface area contributed by atoms with Gasteiger partial charge in [0, 0.05) is 16.8 Å². The molecule has 0 fully saturated rings.